The second-order valence-electron chi connectivity index (χ2n) is 5.82. The molecule has 1 aliphatic carbocycles. The molecule has 0 unspecified atom stereocenters. The van der Waals surface area contributed by atoms with E-state index >= 15 is 0 Å². The molecule has 4 nitrogen and oxygen atoms in total. The maximum Gasteiger partial charge on any atom is 0.303 e. The van der Waals surface area contributed by atoms with E-state index in [-0.39, 0.29) is 17.7 Å². The molecule has 0 bridgehead atoms. The molecule has 5 heteroatoms. The fourth-order valence-electron chi connectivity index (χ4n) is 3.01. The summed E-state index contributed by atoms with van der Waals surface area (Å²) in [4.78, 5) is 23.3. The third kappa shape index (κ3) is 4.56. The number of hydrogen-bond donors (Lipinski definition) is 2. The lowest BCUT2D eigenvalue weighted by atomic mass is 9.71. The number of carboxylic acids is 1. The molecule has 1 aromatic carbocycles. The summed E-state index contributed by atoms with van der Waals surface area (Å²) < 4.78 is 0.925. The number of nitrogens with one attached hydrogen (secondary N) is 1. The van der Waals surface area contributed by atoms with E-state index in [1.54, 1.807) is 12.1 Å². The summed E-state index contributed by atoms with van der Waals surface area (Å²) in [6, 6.07) is 7.15. The van der Waals surface area contributed by atoms with Gasteiger partial charge in [-0.25, -0.2) is 0 Å². The van der Waals surface area contributed by atoms with Crippen molar-refractivity contribution in [3.05, 3.63) is 34.3 Å². The van der Waals surface area contributed by atoms with Gasteiger partial charge in [-0.15, -0.1) is 0 Å². The number of aliphatic carboxylic acids is 1. The van der Waals surface area contributed by atoms with Gasteiger partial charge in [-0.05, 0) is 42.5 Å². The molecule has 0 aliphatic heterocycles. The predicted molar refractivity (Wildman–Crippen MR) is 84.2 cm³/mol. The van der Waals surface area contributed by atoms with Gasteiger partial charge in [0.05, 0.1) is 6.42 Å². The second-order valence-corrected chi connectivity index (χ2v) is 6.74. The zero-order chi connectivity index (χ0) is 15.3. The van der Waals surface area contributed by atoms with Gasteiger partial charge in [0, 0.05) is 16.6 Å². The molecule has 114 valence electrons. The first-order valence-electron chi connectivity index (χ1n) is 7.26. The fraction of sp³-hybridized carbons (Fsp3) is 0.500. The number of benzene rings is 1. The lowest BCUT2D eigenvalue weighted by Crippen LogP contribution is -2.40. The van der Waals surface area contributed by atoms with Crippen LogP contribution in [0, 0.1) is 5.41 Å². The Kier molecular flexibility index (Phi) is 5.39. The topological polar surface area (TPSA) is 66.4 Å². The molecule has 0 radical (unpaired) electrons. The highest BCUT2D eigenvalue weighted by Crippen LogP contribution is 2.38. The summed E-state index contributed by atoms with van der Waals surface area (Å²) in [5.74, 6) is -0.923. The number of rotatable bonds is 5. The first-order valence-corrected chi connectivity index (χ1v) is 8.06. The molecule has 2 rings (SSSR count). The van der Waals surface area contributed by atoms with Crippen LogP contribution in [-0.4, -0.2) is 23.5 Å². The number of carboxylic acid groups (broad SMARTS) is 1. The van der Waals surface area contributed by atoms with E-state index in [0.29, 0.717) is 12.1 Å². The molecule has 1 saturated carbocycles. The van der Waals surface area contributed by atoms with Crippen molar-refractivity contribution in [2.45, 2.75) is 38.5 Å². The normalized spacial score (nSPS) is 17.2. The van der Waals surface area contributed by atoms with Crippen molar-refractivity contribution in [1.29, 1.82) is 0 Å². The lowest BCUT2D eigenvalue weighted by Gasteiger charge is -2.36. The lowest BCUT2D eigenvalue weighted by molar-refractivity contribution is -0.140. The molecule has 1 aromatic rings. The van der Waals surface area contributed by atoms with Crippen LogP contribution in [0.2, 0.25) is 0 Å². The van der Waals surface area contributed by atoms with Gasteiger partial charge < -0.3 is 10.4 Å². The minimum atomic E-state index is -0.783. The molecule has 0 spiro atoms. The molecule has 2 N–H and O–H groups in total. The Labute approximate surface area is 133 Å². The molecule has 0 saturated heterocycles. The van der Waals surface area contributed by atoms with E-state index in [9.17, 15) is 9.59 Å². The second kappa shape index (κ2) is 7.07. The van der Waals surface area contributed by atoms with Gasteiger partial charge in [0.15, 0.2) is 0 Å². The number of hydrogen-bond acceptors (Lipinski definition) is 2. The zero-order valence-corrected chi connectivity index (χ0v) is 13.5. The van der Waals surface area contributed by atoms with Crippen LogP contribution in [0.1, 0.15) is 48.9 Å². The van der Waals surface area contributed by atoms with Crippen LogP contribution >= 0.6 is 15.9 Å². The van der Waals surface area contributed by atoms with E-state index in [0.717, 1.165) is 36.6 Å². The zero-order valence-electron chi connectivity index (χ0n) is 11.9. The summed E-state index contributed by atoms with van der Waals surface area (Å²) in [5, 5.41) is 12.0. The van der Waals surface area contributed by atoms with Crippen molar-refractivity contribution in [2.75, 3.05) is 6.54 Å². The molecule has 21 heavy (non-hydrogen) atoms. The third-order valence-electron chi connectivity index (χ3n) is 4.17. The van der Waals surface area contributed by atoms with Crippen LogP contribution in [0.25, 0.3) is 0 Å². The van der Waals surface area contributed by atoms with Gasteiger partial charge in [0.2, 0.25) is 0 Å². The van der Waals surface area contributed by atoms with E-state index in [2.05, 4.69) is 21.2 Å². The summed E-state index contributed by atoms with van der Waals surface area (Å²) in [6.07, 6.45) is 5.12. The van der Waals surface area contributed by atoms with Crippen LogP contribution in [0.3, 0.4) is 0 Å². The Morgan fingerprint density at radius 3 is 2.33 bits per heavy atom. The van der Waals surface area contributed by atoms with Gasteiger partial charge in [0.25, 0.3) is 5.91 Å². The standard InChI is InChI=1S/C16H20BrNO3/c17-13-6-4-12(5-7-13)15(21)18-11-16(10-14(19)20)8-2-1-3-9-16/h4-7H,1-3,8-11H2,(H,18,21)(H,19,20). The van der Waals surface area contributed by atoms with Gasteiger partial charge in [-0.1, -0.05) is 35.2 Å². The van der Waals surface area contributed by atoms with E-state index < -0.39 is 5.97 Å². The van der Waals surface area contributed by atoms with Crippen LogP contribution in [0.15, 0.2) is 28.7 Å². The Morgan fingerprint density at radius 1 is 1.14 bits per heavy atom. The Balaban J connectivity index is 1.99. The monoisotopic (exact) mass is 353 g/mol. The molecule has 0 heterocycles. The first-order chi connectivity index (χ1) is 10.0. The summed E-state index contributed by atoms with van der Waals surface area (Å²) in [7, 11) is 0. The van der Waals surface area contributed by atoms with Gasteiger partial charge >= 0.3 is 5.97 Å². The number of carbonyl (C=O) groups is 2. The summed E-state index contributed by atoms with van der Waals surface area (Å²) in [5.41, 5.74) is 0.314. The van der Waals surface area contributed by atoms with Crippen molar-refractivity contribution in [2.24, 2.45) is 5.41 Å². The Morgan fingerprint density at radius 2 is 1.76 bits per heavy atom. The minimum Gasteiger partial charge on any atom is -0.481 e. The van der Waals surface area contributed by atoms with Gasteiger partial charge in [0.1, 0.15) is 0 Å². The van der Waals surface area contributed by atoms with Crippen molar-refractivity contribution in [3.63, 3.8) is 0 Å². The van der Waals surface area contributed by atoms with Gasteiger partial charge in [-0.3, -0.25) is 9.59 Å². The minimum absolute atomic E-state index is 0.133. The first kappa shape index (κ1) is 16.0. The fourth-order valence-corrected chi connectivity index (χ4v) is 3.27. The maximum absolute atomic E-state index is 12.2. The van der Waals surface area contributed by atoms with Crippen molar-refractivity contribution >= 4 is 27.8 Å². The van der Waals surface area contributed by atoms with Gasteiger partial charge in [-0.2, -0.15) is 0 Å². The summed E-state index contributed by atoms with van der Waals surface area (Å²) in [6.45, 7) is 0.439. The largest absolute Gasteiger partial charge is 0.481 e. The molecule has 1 aliphatic rings. The molecular formula is C16H20BrNO3. The quantitative estimate of drug-likeness (QED) is 0.849. The molecule has 0 aromatic heterocycles. The predicted octanol–water partition coefficient (Wildman–Crippen LogP) is 3.60. The number of carbonyl (C=O) groups excluding carboxylic acids is 1. The Hall–Kier alpha value is -1.36. The molecule has 1 fully saturated rings. The number of amides is 1. The maximum atomic E-state index is 12.2. The van der Waals surface area contributed by atoms with Crippen molar-refractivity contribution in [3.8, 4) is 0 Å². The van der Waals surface area contributed by atoms with Crippen LogP contribution in [-0.2, 0) is 4.79 Å². The highest BCUT2D eigenvalue weighted by atomic mass is 79.9. The van der Waals surface area contributed by atoms with E-state index in [1.807, 2.05) is 12.1 Å². The van der Waals surface area contributed by atoms with Crippen LogP contribution < -0.4 is 5.32 Å². The number of halogens is 1. The molecular weight excluding hydrogens is 334 g/mol. The smallest absolute Gasteiger partial charge is 0.303 e. The third-order valence-corrected chi connectivity index (χ3v) is 4.70. The summed E-state index contributed by atoms with van der Waals surface area (Å²) >= 11 is 3.33. The van der Waals surface area contributed by atoms with E-state index in [1.165, 1.54) is 0 Å². The average molecular weight is 354 g/mol. The average Bonchev–Trinajstić information content (AvgIpc) is 2.46. The molecule has 1 amide bonds. The van der Waals surface area contributed by atoms with Crippen molar-refractivity contribution in [1.82, 2.24) is 5.32 Å². The van der Waals surface area contributed by atoms with Crippen LogP contribution in [0.5, 0.6) is 0 Å². The van der Waals surface area contributed by atoms with Crippen LogP contribution in [0.4, 0.5) is 0 Å². The Bertz CT molecular complexity index is 507. The molecule has 0 atom stereocenters. The highest BCUT2D eigenvalue weighted by molar-refractivity contribution is 9.10. The SMILES string of the molecule is O=C(O)CC1(CNC(=O)c2ccc(Br)cc2)CCCCC1. The highest BCUT2D eigenvalue weighted by Gasteiger charge is 2.34. The van der Waals surface area contributed by atoms with Crippen molar-refractivity contribution < 1.29 is 14.7 Å². The van der Waals surface area contributed by atoms with E-state index in [4.69, 9.17) is 5.11 Å².